The van der Waals surface area contributed by atoms with Gasteiger partial charge >= 0.3 is 0 Å². The Hall–Kier alpha value is -3.06. The first-order chi connectivity index (χ1) is 10.7. The average Bonchev–Trinajstić information content (AvgIpc) is 2.96. The first kappa shape index (κ1) is 13.9. The van der Waals surface area contributed by atoms with Crippen molar-refractivity contribution in [3.05, 3.63) is 59.9 Å². The van der Waals surface area contributed by atoms with Gasteiger partial charge in [0.05, 0.1) is 18.2 Å². The van der Waals surface area contributed by atoms with Crippen LogP contribution in [-0.4, -0.2) is 12.3 Å². The predicted molar refractivity (Wildman–Crippen MR) is 83.4 cm³/mol. The fourth-order valence-corrected chi connectivity index (χ4v) is 2.44. The molecule has 0 atom stereocenters. The van der Waals surface area contributed by atoms with Crippen molar-refractivity contribution in [2.24, 2.45) is 0 Å². The maximum atomic E-state index is 9.10. The molecule has 2 aromatic carbocycles. The third-order valence-corrected chi connectivity index (χ3v) is 3.52. The first-order valence-electron chi connectivity index (χ1n) is 6.85. The summed E-state index contributed by atoms with van der Waals surface area (Å²) >= 11 is 0. The van der Waals surface area contributed by atoms with E-state index in [0.29, 0.717) is 11.3 Å². The second-order valence-electron chi connectivity index (χ2n) is 4.86. The number of aryl methyl sites for hydroxylation is 1. The molecule has 22 heavy (non-hydrogen) atoms. The highest BCUT2D eigenvalue weighted by atomic mass is 16.5. The molecule has 0 amide bonds. The largest absolute Gasteiger partial charge is 0.495 e. The minimum atomic E-state index is 0.501. The summed E-state index contributed by atoms with van der Waals surface area (Å²) in [5.74, 6) is 1.27. The molecule has 0 unspecified atom stereocenters. The quantitative estimate of drug-likeness (QED) is 0.725. The van der Waals surface area contributed by atoms with E-state index in [1.807, 2.05) is 49.4 Å². The molecular weight excluding hydrogens is 276 g/mol. The van der Waals surface area contributed by atoms with Crippen LogP contribution in [0.2, 0.25) is 0 Å². The second-order valence-corrected chi connectivity index (χ2v) is 4.86. The standard InChI is InChI=1S/C18H14N2O2/c1-12-17(14-8-9-15(11-19)16(10-14)21-2)18(20-22-12)13-6-4-3-5-7-13/h3-10H,1-2H3. The molecule has 0 aliphatic carbocycles. The van der Waals surface area contributed by atoms with Gasteiger partial charge in [0.2, 0.25) is 0 Å². The predicted octanol–water partition coefficient (Wildman–Crippen LogP) is 4.20. The summed E-state index contributed by atoms with van der Waals surface area (Å²) in [4.78, 5) is 0. The van der Waals surface area contributed by atoms with Crippen LogP contribution in [0.15, 0.2) is 53.1 Å². The Labute approximate surface area is 128 Å². The lowest BCUT2D eigenvalue weighted by Gasteiger charge is -2.07. The van der Waals surface area contributed by atoms with Gasteiger partial charge in [-0.15, -0.1) is 0 Å². The van der Waals surface area contributed by atoms with E-state index in [-0.39, 0.29) is 0 Å². The van der Waals surface area contributed by atoms with Gasteiger partial charge in [-0.3, -0.25) is 0 Å². The molecular formula is C18H14N2O2. The Morgan fingerprint density at radius 1 is 1.09 bits per heavy atom. The van der Waals surface area contributed by atoms with Gasteiger partial charge in [-0.25, -0.2) is 0 Å². The lowest BCUT2D eigenvalue weighted by molar-refractivity contribution is 0.400. The molecule has 0 saturated heterocycles. The van der Waals surface area contributed by atoms with Crippen molar-refractivity contribution in [3.8, 4) is 34.2 Å². The zero-order valence-corrected chi connectivity index (χ0v) is 12.3. The summed E-state index contributed by atoms with van der Waals surface area (Å²) in [5.41, 5.74) is 4.09. The van der Waals surface area contributed by atoms with E-state index in [2.05, 4.69) is 11.2 Å². The van der Waals surface area contributed by atoms with Crippen LogP contribution < -0.4 is 4.74 Å². The molecule has 0 spiro atoms. The maximum absolute atomic E-state index is 9.10. The van der Waals surface area contributed by atoms with Crippen LogP contribution in [0.4, 0.5) is 0 Å². The number of hydrogen-bond acceptors (Lipinski definition) is 4. The molecule has 3 rings (SSSR count). The van der Waals surface area contributed by atoms with Gasteiger partial charge in [-0.05, 0) is 24.6 Å². The highest BCUT2D eigenvalue weighted by Gasteiger charge is 2.17. The van der Waals surface area contributed by atoms with Crippen molar-refractivity contribution in [2.45, 2.75) is 6.92 Å². The number of nitriles is 1. The van der Waals surface area contributed by atoms with Crippen molar-refractivity contribution >= 4 is 0 Å². The van der Waals surface area contributed by atoms with Crippen molar-refractivity contribution in [3.63, 3.8) is 0 Å². The Bertz CT molecular complexity index is 845. The summed E-state index contributed by atoms with van der Waals surface area (Å²) in [7, 11) is 1.55. The van der Waals surface area contributed by atoms with E-state index in [9.17, 15) is 0 Å². The fourth-order valence-electron chi connectivity index (χ4n) is 2.44. The molecule has 0 N–H and O–H groups in total. The molecule has 0 radical (unpaired) electrons. The molecule has 1 aromatic heterocycles. The monoisotopic (exact) mass is 290 g/mol. The molecule has 0 saturated carbocycles. The highest BCUT2D eigenvalue weighted by molar-refractivity contribution is 5.82. The number of methoxy groups -OCH3 is 1. The minimum Gasteiger partial charge on any atom is -0.495 e. The zero-order chi connectivity index (χ0) is 15.5. The SMILES string of the molecule is COc1cc(-c2c(-c3ccccc3)noc2C)ccc1C#N. The van der Waals surface area contributed by atoms with E-state index in [1.54, 1.807) is 13.2 Å². The number of nitrogens with zero attached hydrogens (tertiary/aromatic N) is 2. The molecule has 0 fully saturated rings. The van der Waals surface area contributed by atoms with Crippen LogP contribution in [0.3, 0.4) is 0 Å². The molecule has 3 aromatic rings. The summed E-state index contributed by atoms with van der Waals surface area (Å²) < 4.78 is 10.7. The third kappa shape index (κ3) is 2.33. The van der Waals surface area contributed by atoms with E-state index < -0.39 is 0 Å². The Balaban J connectivity index is 2.18. The first-order valence-corrected chi connectivity index (χ1v) is 6.85. The van der Waals surface area contributed by atoms with Crippen LogP contribution in [-0.2, 0) is 0 Å². The van der Waals surface area contributed by atoms with Crippen LogP contribution in [0, 0.1) is 18.3 Å². The summed E-state index contributed by atoms with van der Waals surface area (Å²) in [6, 6.07) is 17.4. The van der Waals surface area contributed by atoms with Gasteiger partial charge < -0.3 is 9.26 Å². The van der Waals surface area contributed by atoms with Crippen molar-refractivity contribution in [1.82, 2.24) is 5.16 Å². The number of benzene rings is 2. The van der Waals surface area contributed by atoms with Gasteiger partial charge in [0.25, 0.3) is 0 Å². The van der Waals surface area contributed by atoms with Crippen molar-refractivity contribution < 1.29 is 9.26 Å². The fraction of sp³-hybridized carbons (Fsp3) is 0.111. The molecule has 4 heteroatoms. The zero-order valence-electron chi connectivity index (χ0n) is 12.3. The van der Waals surface area contributed by atoms with Crippen molar-refractivity contribution in [1.29, 1.82) is 5.26 Å². The number of rotatable bonds is 3. The number of aromatic nitrogens is 1. The Morgan fingerprint density at radius 2 is 1.86 bits per heavy atom. The molecule has 4 nitrogen and oxygen atoms in total. The van der Waals surface area contributed by atoms with Crippen molar-refractivity contribution in [2.75, 3.05) is 7.11 Å². The topological polar surface area (TPSA) is 59.1 Å². The minimum absolute atomic E-state index is 0.501. The third-order valence-electron chi connectivity index (χ3n) is 3.52. The highest BCUT2D eigenvalue weighted by Crippen LogP contribution is 2.36. The van der Waals surface area contributed by atoms with Crippen LogP contribution >= 0.6 is 0 Å². The van der Waals surface area contributed by atoms with Gasteiger partial charge in [0, 0.05) is 5.56 Å². The van der Waals surface area contributed by atoms with Gasteiger partial charge in [-0.1, -0.05) is 41.6 Å². The van der Waals surface area contributed by atoms with E-state index in [0.717, 1.165) is 28.1 Å². The number of hydrogen-bond donors (Lipinski definition) is 0. The van der Waals surface area contributed by atoms with Crippen LogP contribution in [0.1, 0.15) is 11.3 Å². The Morgan fingerprint density at radius 3 is 2.55 bits per heavy atom. The molecule has 0 aliphatic heterocycles. The Kier molecular flexibility index (Phi) is 3.63. The molecule has 0 bridgehead atoms. The smallest absolute Gasteiger partial charge is 0.142 e. The van der Waals surface area contributed by atoms with E-state index in [1.165, 1.54) is 0 Å². The number of ether oxygens (including phenoxy) is 1. The molecule has 108 valence electrons. The lowest BCUT2D eigenvalue weighted by atomic mass is 9.98. The van der Waals surface area contributed by atoms with Gasteiger partial charge in [0.1, 0.15) is 23.3 Å². The molecule has 0 aliphatic rings. The van der Waals surface area contributed by atoms with Crippen LogP contribution in [0.25, 0.3) is 22.4 Å². The average molecular weight is 290 g/mol. The van der Waals surface area contributed by atoms with E-state index >= 15 is 0 Å². The van der Waals surface area contributed by atoms with Crippen LogP contribution in [0.5, 0.6) is 5.75 Å². The second kappa shape index (κ2) is 5.74. The maximum Gasteiger partial charge on any atom is 0.142 e. The van der Waals surface area contributed by atoms with Gasteiger partial charge in [0.15, 0.2) is 0 Å². The summed E-state index contributed by atoms with van der Waals surface area (Å²) in [6.45, 7) is 1.87. The lowest BCUT2D eigenvalue weighted by Crippen LogP contribution is -1.90. The van der Waals surface area contributed by atoms with Gasteiger partial charge in [-0.2, -0.15) is 5.26 Å². The summed E-state index contributed by atoms with van der Waals surface area (Å²) in [5, 5.41) is 13.3. The summed E-state index contributed by atoms with van der Waals surface area (Å²) in [6.07, 6.45) is 0. The molecule has 1 heterocycles. The normalized spacial score (nSPS) is 10.2. The van der Waals surface area contributed by atoms with E-state index in [4.69, 9.17) is 14.5 Å².